The maximum Gasteiger partial charge on any atom is 0.312 e. The summed E-state index contributed by atoms with van der Waals surface area (Å²) in [5.74, 6) is -0.0287. The van der Waals surface area contributed by atoms with E-state index in [-0.39, 0.29) is 16.2 Å². The molecule has 1 unspecified atom stereocenters. The maximum absolute atomic E-state index is 11.3. The lowest BCUT2D eigenvalue weighted by Gasteiger charge is -2.12. The van der Waals surface area contributed by atoms with Gasteiger partial charge in [-0.3, -0.25) is 10.1 Å². The summed E-state index contributed by atoms with van der Waals surface area (Å²) in [6.07, 6.45) is 1.02. The minimum absolute atomic E-state index is 0.0287. The Bertz CT molecular complexity index is 626. The van der Waals surface area contributed by atoms with Gasteiger partial charge < -0.3 is 4.74 Å². The summed E-state index contributed by atoms with van der Waals surface area (Å²) in [4.78, 5) is 9.91. The molecule has 0 aromatic heterocycles. The van der Waals surface area contributed by atoms with Crippen LogP contribution in [0.3, 0.4) is 0 Å². The summed E-state index contributed by atoms with van der Waals surface area (Å²) in [6, 6.07) is 2.16. The van der Waals surface area contributed by atoms with Crippen molar-refractivity contribution in [2.24, 2.45) is 0 Å². The number of nitrogens with zero attached hydrogens (tertiary/aromatic N) is 1. The van der Waals surface area contributed by atoms with E-state index in [0.717, 1.165) is 6.07 Å². The summed E-state index contributed by atoms with van der Waals surface area (Å²) in [7, 11) is 1.17. The Hall–Kier alpha value is -1.60. The predicted octanol–water partition coefficient (Wildman–Crippen LogP) is 2.78. The van der Waals surface area contributed by atoms with Crippen LogP contribution in [0.15, 0.2) is 29.7 Å². The summed E-state index contributed by atoms with van der Waals surface area (Å²) in [5, 5.41) is 10.9. The third-order valence-corrected chi connectivity index (χ3v) is 3.82. The highest BCUT2D eigenvalue weighted by atomic mass is 35.7. The molecule has 1 rings (SSSR count). The fourth-order valence-corrected chi connectivity index (χ4v) is 2.59. The molecule has 0 aliphatic rings. The molecule has 6 nitrogen and oxygen atoms in total. The molecule has 1 aromatic carbocycles. The maximum atomic E-state index is 11.3. The van der Waals surface area contributed by atoms with Gasteiger partial charge in [0.2, 0.25) is 0 Å². The van der Waals surface area contributed by atoms with Crippen LogP contribution in [0.25, 0.3) is 0 Å². The van der Waals surface area contributed by atoms with E-state index in [9.17, 15) is 18.5 Å². The van der Waals surface area contributed by atoms with Crippen molar-refractivity contribution < 1.29 is 18.1 Å². The number of nitro groups is 1. The van der Waals surface area contributed by atoms with Crippen LogP contribution < -0.4 is 4.74 Å². The summed E-state index contributed by atoms with van der Waals surface area (Å²) < 4.78 is 27.9. The number of nitro benzene ring substituents is 1. The molecule has 104 valence electrons. The van der Waals surface area contributed by atoms with Crippen LogP contribution in [0.2, 0.25) is 0 Å². The molecule has 1 aromatic rings. The number of hydrogen-bond donors (Lipinski definition) is 0. The summed E-state index contributed by atoms with van der Waals surface area (Å²) >= 11 is 0. The number of hydrogen-bond acceptors (Lipinski definition) is 5. The van der Waals surface area contributed by atoms with Gasteiger partial charge in [-0.15, -0.1) is 0 Å². The number of ether oxygens (including phenoxy) is 1. The van der Waals surface area contributed by atoms with Crippen LogP contribution in [0.5, 0.6) is 5.75 Å². The zero-order valence-corrected chi connectivity index (χ0v) is 11.9. The molecule has 1 atom stereocenters. The van der Waals surface area contributed by atoms with E-state index in [1.54, 1.807) is 6.92 Å². The first kappa shape index (κ1) is 15.5. The van der Waals surface area contributed by atoms with Gasteiger partial charge in [-0.25, -0.2) is 8.42 Å². The van der Waals surface area contributed by atoms with Crippen molar-refractivity contribution in [2.45, 2.75) is 24.8 Å². The summed E-state index contributed by atoms with van der Waals surface area (Å²) in [6.45, 7) is 6.63. The highest BCUT2D eigenvalue weighted by molar-refractivity contribution is 8.13. The Morgan fingerprint density at radius 3 is 2.53 bits per heavy atom. The Morgan fingerprint density at radius 2 is 2.11 bits per heavy atom. The molecule has 0 spiro atoms. The normalized spacial score (nSPS) is 12.8. The number of rotatable bonds is 5. The average Bonchev–Trinajstić information content (AvgIpc) is 2.26. The molecule has 0 bridgehead atoms. The molecule has 0 N–H and O–H groups in total. The Kier molecular flexibility index (Phi) is 4.54. The van der Waals surface area contributed by atoms with Crippen molar-refractivity contribution in [1.82, 2.24) is 0 Å². The van der Waals surface area contributed by atoms with Gasteiger partial charge in [0.15, 0.2) is 5.75 Å². The second kappa shape index (κ2) is 5.58. The van der Waals surface area contributed by atoms with E-state index in [2.05, 4.69) is 6.58 Å². The molecule has 0 fully saturated rings. The van der Waals surface area contributed by atoms with Crippen LogP contribution in [0, 0.1) is 17.0 Å². The molecule has 0 amide bonds. The van der Waals surface area contributed by atoms with Crippen LogP contribution in [-0.2, 0) is 9.05 Å². The van der Waals surface area contributed by atoms with Crippen LogP contribution in [0.1, 0.15) is 12.5 Å². The lowest BCUT2D eigenvalue weighted by Crippen LogP contribution is -2.10. The molecular weight excluding hydrogens is 294 g/mol. The zero-order chi connectivity index (χ0) is 14.8. The third kappa shape index (κ3) is 3.68. The highest BCUT2D eigenvalue weighted by Gasteiger charge is 2.24. The smallest absolute Gasteiger partial charge is 0.312 e. The molecule has 0 aliphatic heterocycles. The van der Waals surface area contributed by atoms with Crippen molar-refractivity contribution in [3.8, 4) is 5.75 Å². The number of halogens is 1. The number of benzene rings is 1. The van der Waals surface area contributed by atoms with Gasteiger partial charge in [-0.05, 0) is 25.5 Å². The van der Waals surface area contributed by atoms with Gasteiger partial charge >= 0.3 is 5.69 Å². The fourth-order valence-electron chi connectivity index (χ4n) is 1.40. The Morgan fingerprint density at radius 1 is 1.53 bits per heavy atom. The molecule has 0 saturated carbocycles. The first-order valence-corrected chi connectivity index (χ1v) is 7.50. The van der Waals surface area contributed by atoms with Gasteiger partial charge in [0.05, 0.1) is 9.82 Å². The van der Waals surface area contributed by atoms with Gasteiger partial charge in [0, 0.05) is 16.7 Å². The predicted molar refractivity (Wildman–Crippen MR) is 71.2 cm³/mol. The standard InChI is InChI=1S/C11H12ClNO5S/c1-4-8(3)18-10-5-7(2)11(19(12,16)17)6-9(10)13(14)15/h4-6,8H,1H2,2-3H3. The van der Waals surface area contributed by atoms with E-state index in [0.29, 0.717) is 0 Å². The first-order chi connectivity index (χ1) is 8.66. The molecule has 19 heavy (non-hydrogen) atoms. The Labute approximate surface area is 115 Å². The minimum Gasteiger partial charge on any atom is -0.480 e. The van der Waals surface area contributed by atoms with Crippen molar-refractivity contribution >= 4 is 25.4 Å². The second-order valence-corrected chi connectivity index (χ2v) is 6.37. The molecule has 0 saturated heterocycles. The molecule has 8 heteroatoms. The SMILES string of the molecule is C=CC(C)Oc1cc(C)c(S(=O)(=O)Cl)cc1[N+](=O)[O-]. The Balaban J connectivity index is 3.46. The van der Waals surface area contributed by atoms with E-state index >= 15 is 0 Å². The lowest BCUT2D eigenvalue weighted by molar-refractivity contribution is -0.386. The molecular formula is C11H12ClNO5S. The fraction of sp³-hybridized carbons (Fsp3) is 0.273. The van der Waals surface area contributed by atoms with E-state index in [4.69, 9.17) is 15.4 Å². The topological polar surface area (TPSA) is 86.5 Å². The van der Waals surface area contributed by atoms with Gasteiger partial charge in [-0.2, -0.15) is 0 Å². The quantitative estimate of drug-likeness (QED) is 0.361. The monoisotopic (exact) mass is 305 g/mol. The molecule has 0 aliphatic carbocycles. The van der Waals surface area contributed by atoms with E-state index in [1.165, 1.54) is 19.1 Å². The van der Waals surface area contributed by atoms with Crippen LogP contribution in [0.4, 0.5) is 5.69 Å². The van der Waals surface area contributed by atoms with Crippen molar-refractivity contribution in [2.75, 3.05) is 0 Å². The lowest BCUT2D eigenvalue weighted by atomic mass is 10.2. The third-order valence-electron chi connectivity index (χ3n) is 2.36. The van der Waals surface area contributed by atoms with Crippen molar-refractivity contribution in [3.63, 3.8) is 0 Å². The zero-order valence-electron chi connectivity index (χ0n) is 10.3. The van der Waals surface area contributed by atoms with Gasteiger partial charge in [-0.1, -0.05) is 12.7 Å². The van der Waals surface area contributed by atoms with Gasteiger partial charge in [0.1, 0.15) is 6.10 Å². The van der Waals surface area contributed by atoms with Crippen molar-refractivity contribution in [1.29, 1.82) is 0 Å². The van der Waals surface area contributed by atoms with E-state index < -0.39 is 25.8 Å². The van der Waals surface area contributed by atoms with Crippen molar-refractivity contribution in [3.05, 3.63) is 40.5 Å². The minimum atomic E-state index is -4.05. The van der Waals surface area contributed by atoms with E-state index in [1.807, 2.05) is 0 Å². The largest absolute Gasteiger partial charge is 0.480 e. The molecule has 0 radical (unpaired) electrons. The first-order valence-electron chi connectivity index (χ1n) is 5.19. The van der Waals surface area contributed by atoms with Gasteiger partial charge in [0.25, 0.3) is 9.05 Å². The van der Waals surface area contributed by atoms with Crippen LogP contribution in [-0.4, -0.2) is 19.4 Å². The summed E-state index contributed by atoms with van der Waals surface area (Å²) in [5.41, 5.74) is -0.189. The average molecular weight is 306 g/mol. The second-order valence-electron chi connectivity index (χ2n) is 3.84. The highest BCUT2D eigenvalue weighted by Crippen LogP contribution is 2.34. The van der Waals surface area contributed by atoms with Crippen LogP contribution >= 0.6 is 10.7 Å². The number of aryl methyl sites for hydroxylation is 1. The molecule has 0 heterocycles.